The summed E-state index contributed by atoms with van der Waals surface area (Å²) in [5.41, 5.74) is 5.89. The molecule has 0 bridgehead atoms. The van der Waals surface area contributed by atoms with E-state index in [9.17, 15) is 9.59 Å². The van der Waals surface area contributed by atoms with Crippen LogP contribution in [0.25, 0.3) is 10.9 Å². The standard InChI is InChI=1S/C15H18N2O3.ClH/c1-15(2,3)20-14(19)17-9-11(13(18)8-16)10-6-4-5-7-12(10)17;/h4-7,9H,8,16H2,1-3H3;1H. The van der Waals surface area contributed by atoms with Gasteiger partial charge in [-0.3, -0.25) is 9.36 Å². The molecule has 0 saturated carbocycles. The van der Waals surface area contributed by atoms with Crippen molar-refractivity contribution in [3.63, 3.8) is 0 Å². The van der Waals surface area contributed by atoms with Gasteiger partial charge in [0, 0.05) is 17.1 Å². The molecule has 0 unspecified atom stereocenters. The first-order valence-electron chi connectivity index (χ1n) is 6.40. The summed E-state index contributed by atoms with van der Waals surface area (Å²) in [7, 11) is 0. The molecule has 0 saturated heterocycles. The van der Waals surface area contributed by atoms with Gasteiger partial charge in [-0.15, -0.1) is 12.4 Å². The molecule has 2 rings (SSSR count). The van der Waals surface area contributed by atoms with Gasteiger partial charge >= 0.3 is 6.09 Å². The highest BCUT2D eigenvalue weighted by Gasteiger charge is 2.22. The van der Waals surface area contributed by atoms with Crippen LogP contribution in [0.15, 0.2) is 30.5 Å². The molecule has 1 heterocycles. The number of ether oxygens (including phenoxy) is 1. The Bertz CT molecular complexity index is 671. The van der Waals surface area contributed by atoms with Crippen LogP contribution in [-0.2, 0) is 4.74 Å². The Labute approximate surface area is 129 Å². The molecule has 1 aromatic heterocycles. The summed E-state index contributed by atoms with van der Waals surface area (Å²) in [4.78, 5) is 24.1. The SMILES string of the molecule is CC(C)(C)OC(=O)n1cc(C(=O)CN)c2ccccc21.Cl. The van der Waals surface area contributed by atoms with E-state index >= 15 is 0 Å². The summed E-state index contributed by atoms with van der Waals surface area (Å²) in [5, 5.41) is 0.703. The lowest BCUT2D eigenvalue weighted by molar-refractivity contribution is 0.0544. The molecule has 2 aromatic rings. The van der Waals surface area contributed by atoms with E-state index in [4.69, 9.17) is 10.5 Å². The predicted octanol–water partition coefficient (Wildman–Crippen LogP) is 2.99. The van der Waals surface area contributed by atoms with Crippen LogP contribution in [0.4, 0.5) is 4.79 Å². The number of nitrogens with zero attached hydrogens (tertiary/aromatic N) is 1. The van der Waals surface area contributed by atoms with Crippen molar-refractivity contribution < 1.29 is 14.3 Å². The van der Waals surface area contributed by atoms with E-state index in [2.05, 4.69) is 0 Å². The van der Waals surface area contributed by atoms with Crippen LogP contribution in [0.2, 0.25) is 0 Å². The number of nitrogens with two attached hydrogens (primary N) is 1. The highest BCUT2D eigenvalue weighted by atomic mass is 35.5. The highest BCUT2D eigenvalue weighted by molar-refractivity contribution is 6.10. The molecule has 21 heavy (non-hydrogen) atoms. The number of fused-ring (bicyclic) bond motifs is 1. The molecular weight excluding hydrogens is 292 g/mol. The zero-order valence-corrected chi connectivity index (χ0v) is 13.1. The minimum Gasteiger partial charge on any atom is -0.443 e. The Hall–Kier alpha value is -1.85. The lowest BCUT2D eigenvalue weighted by Crippen LogP contribution is -2.26. The van der Waals surface area contributed by atoms with Gasteiger partial charge < -0.3 is 10.5 Å². The maximum absolute atomic E-state index is 12.2. The summed E-state index contributed by atoms with van der Waals surface area (Å²) in [6.45, 7) is 5.29. The second kappa shape index (κ2) is 6.28. The van der Waals surface area contributed by atoms with Crippen LogP contribution in [0.3, 0.4) is 0 Å². The van der Waals surface area contributed by atoms with Crippen molar-refractivity contribution in [2.24, 2.45) is 5.73 Å². The van der Waals surface area contributed by atoms with Crippen LogP contribution >= 0.6 is 12.4 Å². The lowest BCUT2D eigenvalue weighted by Gasteiger charge is -2.19. The number of halogens is 1. The quantitative estimate of drug-likeness (QED) is 0.865. The number of carbonyl (C=O) groups is 2. The number of rotatable bonds is 2. The van der Waals surface area contributed by atoms with Gasteiger partial charge in [-0.05, 0) is 26.8 Å². The molecular formula is C15H19ClN2O3. The van der Waals surface area contributed by atoms with Gasteiger partial charge in [0.2, 0.25) is 0 Å². The fourth-order valence-electron chi connectivity index (χ4n) is 1.97. The zero-order chi connectivity index (χ0) is 14.9. The largest absolute Gasteiger partial charge is 0.443 e. The van der Waals surface area contributed by atoms with Crippen LogP contribution in [0.1, 0.15) is 31.1 Å². The van der Waals surface area contributed by atoms with Crippen LogP contribution in [-0.4, -0.2) is 28.6 Å². The van der Waals surface area contributed by atoms with Crippen molar-refractivity contribution in [3.8, 4) is 0 Å². The van der Waals surface area contributed by atoms with Crippen molar-refractivity contribution in [3.05, 3.63) is 36.0 Å². The molecule has 0 fully saturated rings. The Morgan fingerprint density at radius 3 is 2.43 bits per heavy atom. The van der Waals surface area contributed by atoms with Gasteiger partial charge in [0.1, 0.15) is 5.60 Å². The Kier molecular flexibility index (Phi) is 5.15. The summed E-state index contributed by atoms with van der Waals surface area (Å²) >= 11 is 0. The molecule has 2 N–H and O–H groups in total. The van der Waals surface area contributed by atoms with Crippen LogP contribution in [0.5, 0.6) is 0 Å². The fraction of sp³-hybridized carbons (Fsp3) is 0.333. The van der Waals surface area contributed by atoms with Crippen molar-refractivity contribution in [2.45, 2.75) is 26.4 Å². The lowest BCUT2D eigenvalue weighted by atomic mass is 10.1. The number of hydrogen-bond acceptors (Lipinski definition) is 4. The van der Waals surface area contributed by atoms with Gasteiger partial charge in [-0.2, -0.15) is 0 Å². The first kappa shape index (κ1) is 17.2. The van der Waals surface area contributed by atoms with E-state index in [1.54, 1.807) is 39.0 Å². The van der Waals surface area contributed by atoms with E-state index in [0.29, 0.717) is 16.5 Å². The molecule has 1 aromatic carbocycles. The third-order valence-corrected chi connectivity index (χ3v) is 2.79. The first-order valence-corrected chi connectivity index (χ1v) is 6.40. The summed E-state index contributed by atoms with van der Waals surface area (Å²) in [6, 6.07) is 7.18. The van der Waals surface area contributed by atoms with Crippen molar-refractivity contribution in [2.75, 3.05) is 6.54 Å². The number of aromatic nitrogens is 1. The van der Waals surface area contributed by atoms with Gasteiger partial charge in [0.05, 0.1) is 12.1 Å². The summed E-state index contributed by atoms with van der Waals surface area (Å²) in [6.07, 6.45) is 0.985. The van der Waals surface area contributed by atoms with E-state index in [0.717, 1.165) is 0 Å². The second-order valence-electron chi connectivity index (χ2n) is 5.54. The predicted molar refractivity (Wildman–Crippen MR) is 84.2 cm³/mol. The third kappa shape index (κ3) is 3.62. The summed E-state index contributed by atoms with van der Waals surface area (Å²) in [5.74, 6) is -0.205. The molecule has 5 nitrogen and oxygen atoms in total. The minimum atomic E-state index is -0.597. The molecule has 0 atom stereocenters. The van der Waals surface area contributed by atoms with Crippen LogP contribution in [0, 0.1) is 0 Å². The Balaban J connectivity index is 0.00000220. The normalized spacial score (nSPS) is 11.0. The number of Topliss-reactive ketones (excluding diaryl/α,β-unsaturated/α-hetero) is 1. The third-order valence-electron chi connectivity index (χ3n) is 2.79. The molecule has 0 radical (unpaired) electrons. The number of benzene rings is 1. The number of carbonyl (C=O) groups excluding carboxylic acids is 2. The average molecular weight is 311 g/mol. The zero-order valence-electron chi connectivity index (χ0n) is 12.3. The molecule has 0 aliphatic heterocycles. The van der Waals surface area contributed by atoms with E-state index in [1.165, 1.54) is 10.8 Å². The average Bonchev–Trinajstić information content (AvgIpc) is 2.75. The minimum absolute atomic E-state index is 0. The van der Waals surface area contributed by atoms with E-state index in [-0.39, 0.29) is 24.7 Å². The smallest absolute Gasteiger partial charge is 0.419 e. The Morgan fingerprint density at radius 1 is 1.24 bits per heavy atom. The molecule has 6 heteroatoms. The van der Waals surface area contributed by atoms with Crippen molar-refractivity contribution >= 4 is 35.2 Å². The fourth-order valence-corrected chi connectivity index (χ4v) is 1.97. The Morgan fingerprint density at radius 2 is 1.86 bits per heavy atom. The molecule has 0 amide bonds. The monoisotopic (exact) mass is 310 g/mol. The van der Waals surface area contributed by atoms with Crippen LogP contribution < -0.4 is 5.73 Å². The molecule has 0 spiro atoms. The summed E-state index contributed by atoms with van der Waals surface area (Å²) < 4.78 is 6.69. The molecule has 0 aliphatic carbocycles. The number of para-hydroxylation sites is 1. The maximum atomic E-state index is 12.2. The van der Waals surface area contributed by atoms with Crippen molar-refractivity contribution in [1.82, 2.24) is 4.57 Å². The number of hydrogen-bond donors (Lipinski definition) is 1. The second-order valence-corrected chi connectivity index (χ2v) is 5.54. The topological polar surface area (TPSA) is 74.3 Å². The van der Waals surface area contributed by atoms with Gasteiger partial charge in [-0.25, -0.2) is 4.79 Å². The van der Waals surface area contributed by atoms with E-state index in [1.807, 2.05) is 6.07 Å². The maximum Gasteiger partial charge on any atom is 0.419 e. The van der Waals surface area contributed by atoms with Gasteiger partial charge in [-0.1, -0.05) is 18.2 Å². The first-order chi connectivity index (χ1) is 9.33. The highest BCUT2D eigenvalue weighted by Crippen LogP contribution is 2.23. The number of ketones is 1. The molecule has 0 aliphatic rings. The van der Waals surface area contributed by atoms with Gasteiger partial charge in [0.15, 0.2) is 5.78 Å². The van der Waals surface area contributed by atoms with Gasteiger partial charge in [0.25, 0.3) is 0 Å². The molecule has 114 valence electrons. The van der Waals surface area contributed by atoms with E-state index < -0.39 is 11.7 Å². The van der Waals surface area contributed by atoms with Crippen molar-refractivity contribution in [1.29, 1.82) is 0 Å².